The lowest BCUT2D eigenvalue weighted by Gasteiger charge is -1.96. The molecule has 0 aliphatic heterocycles. The lowest BCUT2D eigenvalue weighted by molar-refractivity contribution is 0.104. The Kier molecular flexibility index (Phi) is 4.37. The van der Waals surface area contributed by atoms with Crippen LogP contribution in [-0.2, 0) is 0 Å². The van der Waals surface area contributed by atoms with Crippen LogP contribution < -0.4 is 5.43 Å². The van der Waals surface area contributed by atoms with Gasteiger partial charge in [-0.15, -0.1) is 0 Å². The fraction of sp³-hybridized carbons (Fsp3) is 0. The fourth-order valence-corrected chi connectivity index (χ4v) is 2.78. The van der Waals surface area contributed by atoms with Gasteiger partial charge in [0, 0.05) is 11.5 Å². The van der Waals surface area contributed by atoms with E-state index in [1.165, 1.54) is 0 Å². The minimum Gasteiger partial charge on any atom is -0.452 e. The molecule has 0 saturated carbocycles. The van der Waals surface area contributed by atoms with Gasteiger partial charge < -0.3 is 4.42 Å². The molecular formula is C19H13BrN4O2. The number of nitrogens with one attached hydrogen (secondary N) is 2. The van der Waals surface area contributed by atoms with Crippen molar-refractivity contribution in [2.75, 3.05) is 5.43 Å². The highest BCUT2D eigenvalue weighted by molar-refractivity contribution is 9.19. The Labute approximate surface area is 157 Å². The third-order valence-corrected chi connectivity index (χ3v) is 4.31. The predicted octanol–water partition coefficient (Wildman–Crippen LogP) is 4.83. The number of hydrogen-bond donors (Lipinski definition) is 2. The molecule has 2 heterocycles. The number of ketones is 1. The Hall–Kier alpha value is -3.19. The second kappa shape index (κ2) is 6.97. The summed E-state index contributed by atoms with van der Waals surface area (Å²) in [4.78, 5) is 12.4. The highest BCUT2D eigenvalue weighted by Gasteiger charge is 2.17. The minimum absolute atomic E-state index is 0.0980. The van der Waals surface area contributed by atoms with E-state index in [4.69, 9.17) is 4.42 Å². The molecule has 2 aromatic heterocycles. The lowest BCUT2D eigenvalue weighted by Crippen LogP contribution is -2.08. The summed E-state index contributed by atoms with van der Waals surface area (Å²) < 4.78 is 5.65. The minimum atomic E-state index is -0.354. The summed E-state index contributed by atoms with van der Waals surface area (Å²) in [7, 11) is 0. The summed E-state index contributed by atoms with van der Waals surface area (Å²) in [5, 5.41) is 12.0. The molecule has 0 radical (unpaired) electrons. The zero-order chi connectivity index (χ0) is 17.9. The molecule has 0 bridgehead atoms. The smallest absolute Gasteiger partial charge is 0.255 e. The Morgan fingerprint density at radius 3 is 2.65 bits per heavy atom. The van der Waals surface area contributed by atoms with Crippen molar-refractivity contribution in [2.45, 2.75) is 0 Å². The molecule has 4 rings (SSSR count). The van der Waals surface area contributed by atoms with Gasteiger partial charge in [-0.2, -0.15) is 10.2 Å². The summed E-state index contributed by atoms with van der Waals surface area (Å²) >= 11 is 3.19. The number of carbonyl (C=O) groups excluding carboxylic acids is 1. The number of hydrogen-bond acceptors (Lipinski definition) is 5. The number of anilines is 1. The van der Waals surface area contributed by atoms with Crippen molar-refractivity contribution >= 4 is 43.1 Å². The lowest BCUT2D eigenvalue weighted by atomic mass is 10.2. The van der Waals surface area contributed by atoms with Crippen LogP contribution in [0.15, 0.2) is 76.2 Å². The van der Waals surface area contributed by atoms with E-state index in [1.807, 2.05) is 60.7 Å². The molecule has 0 spiro atoms. The number of para-hydroxylation sites is 1. The van der Waals surface area contributed by atoms with Gasteiger partial charge in [-0.25, -0.2) is 0 Å². The predicted molar refractivity (Wildman–Crippen MR) is 105 cm³/mol. The first kappa shape index (κ1) is 16.3. The van der Waals surface area contributed by atoms with E-state index in [9.17, 15) is 4.79 Å². The number of aromatic amines is 1. The summed E-state index contributed by atoms with van der Waals surface area (Å²) in [6, 6.07) is 20.7. The van der Waals surface area contributed by atoms with Crippen molar-refractivity contribution in [3.63, 3.8) is 0 Å². The summed E-state index contributed by atoms with van der Waals surface area (Å²) in [6.45, 7) is 0. The van der Waals surface area contributed by atoms with Gasteiger partial charge in [0.25, 0.3) is 5.78 Å². The standard InChI is InChI=1S/C19H13BrN4O2/c20-19(18(25)16-10-13-8-4-5-9-15(13)26-16)24-23-17-11-14(21-22-17)12-6-2-1-3-7-12/h1-11H,(H2,21,22,23)/b24-19-. The van der Waals surface area contributed by atoms with Crippen molar-refractivity contribution in [1.82, 2.24) is 10.2 Å². The first-order chi connectivity index (χ1) is 12.7. The monoisotopic (exact) mass is 408 g/mol. The number of hydrazone groups is 1. The Morgan fingerprint density at radius 2 is 1.85 bits per heavy atom. The van der Waals surface area contributed by atoms with Gasteiger partial charge in [-0.3, -0.25) is 15.3 Å². The maximum Gasteiger partial charge on any atom is 0.255 e. The van der Waals surface area contributed by atoms with E-state index in [-0.39, 0.29) is 16.2 Å². The van der Waals surface area contributed by atoms with Gasteiger partial charge in [0.2, 0.25) is 0 Å². The molecule has 0 atom stereocenters. The molecule has 0 amide bonds. The SMILES string of the molecule is O=C(/C(Br)=N/Nc1cc(-c2ccccc2)[nH]n1)c1cc2ccccc2o1. The topological polar surface area (TPSA) is 83.3 Å². The van der Waals surface area contributed by atoms with Crippen LogP contribution in [0.4, 0.5) is 5.82 Å². The number of furan rings is 1. The van der Waals surface area contributed by atoms with Crippen LogP contribution in [0.2, 0.25) is 0 Å². The number of halogens is 1. The normalized spacial score (nSPS) is 11.7. The largest absolute Gasteiger partial charge is 0.452 e. The third-order valence-electron chi connectivity index (χ3n) is 3.77. The average Bonchev–Trinajstić information content (AvgIpc) is 3.33. The van der Waals surface area contributed by atoms with Gasteiger partial charge in [-0.1, -0.05) is 48.5 Å². The first-order valence-electron chi connectivity index (χ1n) is 7.84. The first-order valence-corrected chi connectivity index (χ1v) is 8.63. The van der Waals surface area contributed by atoms with Crippen LogP contribution >= 0.6 is 15.9 Å². The van der Waals surface area contributed by atoms with Crippen LogP contribution in [0.3, 0.4) is 0 Å². The maximum atomic E-state index is 12.4. The summed E-state index contributed by atoms with van der Waals surface area (Å²) in [5.41, 5.74) is 5.27. The van der Waals surface area contributed by atoms with Gasteiger partial charge >= 0.3 is 0 Å². The highest BCUT2D eigenvalue weighted by Crippen LogP contribution is 2.21. The average molecular weight is 409 g/mol. The Balaban J connectivity index is 1.49. The summed E-state index contributed by atoms with van der Waals surface area (Å²) in [6.07, 6.45) is 0. The van der Waals surface area contributed by atoms with E-state index >= 15 is 0 Å². The number of H-pyrrole nitrogens is 1. The van der Waals surface area contributed by atoms with Crippen LogP contribution in [0.5, 0.6) is 0 Å². The molecule has 0 aliphatic carbocycles. The van der Waals surface area contributed by atoms with Crippen LogP contribution in [0.25, 0.3) is 22.2 Å². The molecule has 128 valence electrons. The number of Topliss-reactive ketones (excluding diaryl/α,β-unsaturated/α-hetero) is 1. The fourth-order valence-electron chi connectivity index (χ4n) is 2.50. The van der Waals surface area contributed by atoms with Crippen LogP contribution in [0.1, 0.15) is 10.6 Å². The molecule has 0 aliphatic rings. The van der Waals surface area contributed by atoms with E-state index in [2.05, 4.69) is 36.7 Å². The second-order valence-corrected chi connectivity index (χ2v) is 6.28. The zero-order valence-electron chi connectivity index (χ0n) is 13.4. The molecule has 6 nitrogen and oxygen atoms in total. The van der Waals surface area contributed by atoms with Gasteiger partial charge in [0.15, 0.2) is 16.2 Å². The number of nitrogens with zero attached hydrogens (tertiary/aromatic N) is 2. The van der Waals surface area contributed by atoms with E-state index in [0.717, 1.165) is 16.6 Å². The molecular weight excluding hydrogens is 396 g/mol. The molecule has 0 fully saturated rings. The van der Waals surface area contributed by atoms with Crippen LogP contribution in [0, 0.1) is 0 Å². The molecule has 26 heavy (non-hydrogen) atoms. The highest BCUT2D eigenvalue weighted by atomic mass is 79.9. The van der Waals surface area contributed by atoms with Gasteiger partial charge in [0.05, 0.1) is 5.69 Å². The number of rotatable bonds is 5. The maximum absolute atomic E-state index is 12.4. The molecule has 0 unspecified atom stereocenters. The Bertz CT molecular complexity index is 1070. The third kappa shape index (κ3) is 3.29. The van der Waals surface area contributed by atoms with E-state index in [0.29, 0.717) is 11.4 Å². The quantitative estimate of drug-likeness (QED) is 0.281. The second-order valence-electron chi connectivity index (χ2n) is 5.52. The van der Waals surface area contributed by atoms with Crippen LogP contribution in [-0.4, -0.2) is 20.6 Å². The van der Waals surface area contributed by atoms with Crippen molar-refractivity contribution in [1.29, 1.82) is 0 Å². The van der Waals surface area contributed by atoms with Crippen molar-refractivity contribution < 1.29 is 9.21 Å². The number of aromatic nitrogens is 2. The number of carbonyl (C=O) groups is 1. The molecule has 2 aromatic carbocycles. The number of benzene rings is 2. The van der Waals surface area contributed by atoms with E-state index < -0.39 is 0 Å². The van der Waals surface area contributed by atoms with E-state index in [1.54, 1.807) is 6.07 Å². The van der Waals surface area contributed by atoms with Crippen molar-refractivity contribution in [2.24, 2.45) is 5.10 Å². The molecule has 7 heteroatoms. The van der Waals surface area contributed by atoms with Crippen molar-refractivity contribution in [3.8, 4) is 11.3 Å². The molecule has 0 saturated heterocycles. The molecule has 4 aromatic rings. The Morgan fingerprint density at radius 1 is 1.08 bits per heavy atom. The summed E-state index contributed by atoms with van der Waals surface area (Å²) in [5.74, 6) is 0.362. The van der Waals surface area contributed by atoms with Crippen molar-refractivity contribution in [3.05, 3.63) is 72.5 Å². The van der Waals surface area contributed by atoms with Gasteiger partial charge in [0.1, 0.15) is 5.58 Å². The van der Waals surface area contributed by atoms with Gasteiger partial charge in [-0.05, 0) is 33.6 Å². The molecule has 2 N–H and O–H groups in total. The number of fused-ring (bicyclic) bond motifs is 1. The zero-order valence-corrected chi connectivity index (χ0v) is 15.0.